The molecule has 0 aliphatic rings. The van der Waals surface area contributed by atoms with Crippen LogP contribution in [0.4, 0.5) is 8.78 Å². The lowest BCUT2D eigenvalue weighted by molar-refractivity contribution is 0.299. The molecule has 0 aliphatic carbocycles. The second-order valence-corrected chi connectivity index (χ2v) is 4.82. The molecular formula is C17H14F2N2O. The Balaban J connectivity index is 2.16. The predicted octanol–water partition coefficient (Wildman–Crippen LogP) is 3.35. The summed E-state index contributed by atoms with van der Waals surface area (Å²) in [5.74, 6) is -1.51. The van der Waals surface area contributed by atoms with Crippen molar-refractivity contribution in [3.05, 3.63) is 72.1 Å². The van der Waals surface area contributed by atoms with Gasteiger partial charge in [-0.1, -0.05) is 24.3 Å². The maximum atomic E-state index is 14.0. The van der Waals surface area contributed by atoms with Gasteiger partial charge in [-0.05, 0) is 30.2 Å². The molecule has 0 saturated carbocycles. The van der Waals surface area contributed by atoms with Gasteiger partial charge in [0, 0.05) is 19.0 Å². The molecule has 0 fully saturated rings. The summed E-state index contributed by atoms with van der Waals surface area (Å²) in [6.45, 7) is 0.00930. The number of halogens is 2. The topological polar surface area (TPSA) is 38.0 Å². The summed E-state index contributed by atoms with van der Waals surface area (Å²) in [5, 5.41) is 9.17. The van der Waals surface area contributed by atoms with Crippen molar-refractivity contribution < 1.29 is 13.9 Å². The first kappa shape index (κ1) is 14.4. The third kappa shape index (κ3) is 2.51. The van der Waals surface area contributed by atoms with Crippen LogP contribution in [0.2, 0.25) is 0 Å². The van der Waals surface area contributed by atoms with Crippen LogP contribution in [0.5, 0.6) is 0 Å². The average molecular weight is 300 g/mol. The average Bonchev–Trinajstić information content (AvgIpc) is 3.00. The van der Waals surface area contributed by atoms with Crippen molar-refractivity contribution in [1.82, 2.24) is 9.55 Å². The lowest BCUT2D eigenvalue weighted by Crippen LogP contribution is -2.04. The highest BCUT2D eigenvalue weighted by Gasteiger charge is 2.16. The van der Waals surface area contributed by atoms with Crippen LogP contribution in [0.25, 0.3) is 17.1 Å². The zero-order chi connectivity index (χ0) is 15.5. The Kier molecular flexibility index (Phi) is 3.98. The van der Waals surface area contributed by atoms with E-state index in [0.29, 0.717) is 12.2 Å². The van der Waals surface area contributed by atoms with Crippen LogP contribution < -0.4 is 0 Å². The number of aromatic nitrogens is 2. The maximum Gasteiger partial charge on any atom is 0.169 e. The molecule has 0 atom stereocenters. The first-order valence-corrected chi connectivity index (χ1v) is 6.89. The smallest absolute Gasteiger partial charge is 0.169 e. The molecule has 1 N–H and O–H groups in total. The highest BCUT2D eigenvalue weighted by atomic mass is 19.2. The number of hydrogen-bond donors (Lipinski definition) is 1. The van der Waals surface area contributed by atoms with Crippen LogP contribution in [0.1, 0.15) is 5.56 Å². The van der Waals surface area contributed by atoms with Crippen molar-refractivity contribution in [2.24, 2.45) is 0 Å². The Hall–Kier alpha value is -2.53. The second-order valence-electron chi connectivity index (χ2n) is 4.82. The summed E-state index contributed by atoms with van der Waals surface area (Å²) >= 11 is 0. The number of aliphatic hydroxyl groups is 1. The van der Waals surface area contributed by atoms with E-state index in [1.54, 1.807) is 10.8 Å². The molecule has 0 aliphatic heterocycles. The maximum absolute atomic E-state index is 14.0. The Morgan fingerprint density at radius 2 is 1.86 bits per heavy atom. The van der Waals surface area contributed by atoms with Crippen molar-refractivity contribution in [3.8, 4) is 17.1 Å². The molecule has 0 unspecified atom stereocenters. The lowest BCUT2D eigenvalue weighted by atomic mass is 10.1. The van der Waals surface area contributed by atoms with E-state index in [2.05, 4.69) is 4.98 Å². The third-order valence-corrected chi connectivity index (χ3v) is 3.47. The molecule has 2 aromatic carbocycles. The molecule has 0 bridgehead atoms. The first-order chi connectivity index (χ1) is 10.7. The zero-order valence-corrected chi connectivity index (χ0v) is 11.7. The van der Waals surface area contributed by atoms with Gasteiger partial charge in [0.2, 0.25) is 0 Å². The summed E-state index contributed by atoms with van der Waals surface area (Å²) in [4.78, 5) is 4.16. The molecule has 0 amide bonds. The monoisotopic (exact) mass is 300 g/mol. The van der Waals surface area contributed by atoms with Gasteiger partial charge in [-0.2, -0.15) is 0 Å². The van der Waals surface area contributed by atoms with Crippen molar-refractivity contribution in [3.63, 3.8) is 0 Å². The minimum atomic E-state index is -0.922. The molecule has 0 spiro atoms. The van der Waals surface area contributed by atoms with E-state index in [9.17, 15) is 13.9 Å². The van der Waals surface area contributed by atoms with E-state index in [0.717, 1.165) is 17.3 Å². The van der Waals surface area contributed by atoms with E-state index < -0.39 is 11.6 Å². The van der Waals surface area contributed by atoms with Crippen molar-refractivity contribution in [2.45, 2.75) is 6.42 Å². The quantitative estimate of drug-likeness (QED) is 0.802. The Morgan fingerprint density at radius 3 is 2.68 bits per heavy atom. The van der Waals surface area contributed by atoms with Gasteiger partial charge < -0.3 is 5.11 Å². The molecule has 0 saturated heterocycles. The number of rotatable bonds is 4. The van der Waals surface area contributed by atoms with Crippen LogP contribution in [-0.2, 0) is 6.42 Å². The van der Waals surface area contributed by atoms with E-state index in [1.165, 1.54) is 18.3 Å². The lowest BCUT2D eigenvalue weighted by Gasteiger charge is -2.13. The Morgan fingerprint density at radius 1 is 1.05 bits per heavy atom. The summed E-state index contributed by atoms with van der Waals surface area (Å²) in [6, 6.07) is 11.5. The van der Waals surface area contributed by atoms with Crippen LogP contribution in [0, 0.1) is 11.6 Å². The SMILES string of the molecule is OCCc1ccccc1-n1ccnc1-c1cccc(F)c1F. The molecule has 22 heavy (non-hydrogen) atoms. The summed E-state index contributed by atoms with van der Waals surface area (Å²) in [5.41, 5.74) is 1.79. The molecule has 3 nitrogen and oxygen atoms in total. The number of nitrogens with zero attached hydrogens (tertiary/aromatic N) is 2. The Labute approximate surface area is 126 Å². The molecule has 112 valence electrons. The van der Waals surface area contributed by atoms with E-state index in [1.807, 2.05) is 24.3 Å². The molecular weight excluding hydrogens is 286 g/mol. The van der Waals surface area contributed by atoms with Gasteiger partial charge in [0.05, 0.1) is 11.3 Å². The molecule has 5 heteroatoms. The molecule has 3 rings (SSSR count). The fourth-order valence-corrected chi connectivity index (χ4v) is 2.45. The highest BCUT2D eigenvalue weighted by molar-refractivity contribution is 5.60. The van der Waals surface area contributed by atoms with Gasteiger partial charge in [0.25, 0.3) is 0 Å². The minimum Gasteiger partial charge on any atom is -0.396 e. The van der Waals surface area contributed by atoms with Gasteiger partial charge in [-0.15, -0.1) is 0 Å². The standard InChI is InChI=1S/C17H14F2N2O/c18-14-6-3-5-13(16(14)19)17-20-9-10-21(17)15-7-2-1-4-12(15)8-11-22/h1-7,9-10,22H,8,11H2. The van der Waals surface area contributed by atoms with Gasteiger partial charge in [0.15, 0.2) is 11.6 Å². The fraction of sp³-hybridized carbons (Fsp3) is 0.118. The first-order valence-electron chi connectivity index (χ1n) is 6.89. The largest absolute Gasteiger partial charge is 0.396 e. The predicted molar refractivity (Wildman–Crippen MR) is 79.7 cm³/mol. The van der Waals surface area contributed by atoms with E-state index in [-0.39, 0.29) is 12.2 Å². The molecule has 1 aromatic heterocycles. The van der Waals surface area contributed by atoms with Crippen LogP contribution in [-0.4, -0.2) is 21.3 Å². The minimum absolute atomic E-state index is 0.00930. The van der Waals surface area contributed by atoms with Gasteiger partial charge in [0.1, 0.15) is 5.82 Å². The molecule has 1 heterocycles. The number of aliphatic hydroxyl groups excluding tert-OH is 1. The third-order valence-electron chi connectivity index (χ3n) is 3.47. The fourth-order valence-electron chi connectivity index (χ4n) is 2.45. The van der Waals surface area contributed by atoms with Crippen molar-refractivity contribution in [1.29, 1.82) is 0 Å². The number of benzene rings is 2. The second kappa shape index (κ2) is 6.07. The number of hydrogen-bond acceptors (Lipinski definition) is 2. The highest BCUT2D eigenvalue weighted by Crippen LogP contribution is 2.27. The van der Waals surface area contributed by atoms with Crippen molar-refractivity contribution in [2.75, 3.05) is 6.61 Å². The van der Waals surface area contributed by atoms with Crippen LogP contribution in [0.15, 0.2) is 54.9 Å². The number of imidazole rings is 1. The zero-order valence-electron chi connectivity index (χ0n) is 11.7. The number of para-hydroxylation sites is 1. The van der Waals surface area contributed by atoms with E-state index in [4.69, 9.17) is 0 Å². The van der Waals surface area contributed by atoms with Gasteiger partial charge >= 0.3 is 0 Å². The van der Waals surface area contributed by atoms with Crippen LogP contribution in [0.3, 0.4) is 0 Å². The van der Waals surface area contributed by atoms with Crippen molar-refractivity contribution >= 4 is 0 Å². The molecule has 0 radical (unpaired) electrons. The normalized spacial score (nSPS) is 10.9. The molecule has 3 aromatic rings. The summed E-state index contributed by atoms with van der Waals surface area (Å²) in [6.07, 6.45) is 3.70. The van der Waals surface area contributed by atoms with E-state index >= 15 is 0 Å². The Bertz CT molecular complexity index is 799. The summed E-state index contributed by atoms with van der Waals surface area (Å²) in [7, 11) is 0. The summed E-state index contributed by atoms with van der Waals surface area (Å²) < 4.78 is 29.2. The van der Waals surface area contributed by atoms with Gasteiger partial charge in [-0.3, -0.25) is 4.57 Å². The van der Waals surface area contributed by atoms with Crippen LogP contribution >= 0.6 is 0 Å². The van der Waals surface area contributed by atoms with Gasteiger partial charge in [-0.25, -0.2) is 13.8 Å².